The lowest BCUT2D eigenvalue weighted by molar-refractivity contribution is -0.137. The Bertz CT molecular complexity index is 1220. The van der Waals surface area contributed by atoms with Gasteiger partial charge in [-0.1, -0.05) is 63.3 Å². The molecule has 3 aromatic carbocycles. The van der Waals surface area contributed by atoms with Crippen molar-refractivity contribution >= 4 is 5.97 Å². The number of rotatable bonds is 9. The van der Waals surface area contributed by atoms with Crippen molar-refractivity contribution in [2.24, 2.45) is 0 Å². The average molecular weight is 477 g/mol. The number of hydrogen-bond acceptors (Lipinski definition) is 3. The molecule has 0 aliphatic carbocycles. The van der Waals surface area contributed by atoms with Gasteiger partial charge in [-0.25, -0.2) is 4.39 Å². The van der Waals surface area contributed by atoms with E-state index in [0.717, 1.165) is 27.8 Å². The monoisotopic (exact) mass is 476 g/mol. The van der Waals surface area contributed by atoms with E-state index in [1.54, 1.807) is 19.2 Å². The van der Waals surface area contributed by atoms with Crippen molar-refractivity contribution in [2.75, 3.05) is 7.11 Å². The maximum atomic E-state index is 14.7. The van der Waals surface area contributed by atoms with Crippen molar-refractivity contribution in [3.63, 3.8) is 0 Å². The summed E-state index contributed by atoms with van der Waals surface area (Å²) in [6.07, 6.45) is -0.0178. The van der Waals surface area contributed by atoms with Gasteiger partial charge in [0.15, 0.2) is 0 Å². The summed E-state index contributed by atoms with van der Waals surface area (Å²) in [4.78, 5) is 11.3. The van der Waals surface area contributed by atoms with Crippen LogP contribution in [0.1, 0.15) is 56.7 Å². The molecule has 4 nitrogen and oxygen atoms in total. The van der Waals surface area contributed by atoms with E-state index in [-0.39, 0.29) is 23.6 Å². The summed E-state index contributed by atoms with van der Waals surface area (Å²) in [5, 5.41) is 9.26. The first-order chi connectivity index (χ1) is 16.5. The normalized spacial score (nSPS) is 12.2. The zero-order valence-electron chi connectivity index (χ0n) is 21.0. The maximum Gasteiger partial charge on any atom is 0.304 e. The smallest absolute Gasteiger partial charge is 0.304 e. The van der Waals surface area contributed by atoms with Gasteiger partial charge in [-0.15, -0.1) is 0 Å². The highest BCUT2D eigenvalue weighted by Gasteiger charge is 2.22. The van der Waals surface area contributed by atoms with Crippen molar-refractivity contribution in [1.29, 1.82) is 0 Å². The lowest BCUT2D eigenvalue weighted by Gasteiger charge is -2.25. The Morgan fingerprint density at radius 1 is 1.03 bits per heavy atom. The number of halogens is 1. The summed E-state index contributed by atoms with van der Waals surface area (Å²) in [6, 6.07) is 18.1. The standard InChI is InChI=1S/C30H33FO4/c1-19(2)25(17-29(32)33)21-8-7-9-23(15-21)35-18-20-10-12-24(27(14-20)30(3,4)5)26-16-22(34-6)11-13-28(26)31/h7-16,25H,1,17-18H2,2-6H3,(H,32,33)/t25-/m1/s1. The molecule has 0 aliphatic rings. The fraction of sp³-hybridized carbons (Fsp3) is 0.300. The van der Waals surface area contributed by atoms with Crippen LogP contribution in [0.3, 0.4) is 0 Å². The molecular formula is C30H33FO4. The summed E-state index contributed by atoms with van der Waals surface area (Å²) in [7, 11) is 1.57. The third-order valence-electron chi connectivity index (χ3n) is 6.00. The number of carbonyl (C=O) groups is 1. The van der Waals surface area contributed by atoms with Crippen molar-refractivity contribution in [1.82, 2.24) is 0 Å². The summed E-state index contributed by atoms with van der Waals surface area (Å²) in [5.41, 5.74) is 4.69. The van der Waals surface area contributed by atoms with Crippen LogP contribution in [0.5, 0.6) is 11.5 Å². The molecule has 0 aliphatic heterocycles. The number of allylic oxidation sites excluding steroid dienone is 1. The van der Waals surface area contributed by atoms with Gasteiger partial charge >= 0.3 is 5.97 Å². The van der Waals surface area contributed by atoms with Gasteiger partial charge < -0.3 is 14.6 Å². The van der Waals surface area contributed by atoms with E-state index in [9.17, 15) is 14.3 Å². The van der Waals surface area contributed by atoms with Gasteiger partial charge in [-0.05, 0) is 64.9 Å². The Hall–Kier alpha value is -3.60. The molecule has 0 radical (unpaired) electrons. The van der Waals surface area contributed by atoms with Gasteiger partial charge in [0.1, 0.15) is 23.9 Å². The van der Waals surface area contributed by atoms with Crippen LogP contribution in [0.15, 0.2) is 72.8 Å². The number of hydrogen-bond donors (Lipinski definition) is 1. The molecule has 184 valence electrons. The zero-order chi connectivity index (χ0) is 25.8. The first-order valence-corrected chi connectivity index (χ1v) is 11.6. The second-order valence-corrected chi connectivity index (χ2v) is 9.83. The van der Waals surface area contributed by atoms with Crippen LogP contribution in [0.2, 0.25) is 0 Å². The number of ether oxygens (including phenoxy) is 2. The van der Waals surface area contributed by atoms with Crippen molar-refractivity contribution in [2.45, 2.75) is 52.1 Å². The van der Waals surface area contributed by atoms with Crippen molar-refractivity contribution in [3.05, 3.63) is 95.3 Å². The molecule has 0 fully saturated rings. The molecule has 3 aromatic rings. The van der Waals surface area contributed by atoms with E-state index in [2.05, 4.69) is 33.4 Å². The molecule has 0 saturated carbocycles. The molecule has 3 rings (SSSR count). The molecule has 0 unspecified atom stereocenters. The first kappa shape index (κ1) is 26.0. The summed E-state index contributed by atoms with van der Waals surface area (Å²) >= 11 is 0. The van der Waals surface area contributed by atoms with Crippen LogP contribution in [0, 0.1) is 5.82 Å². The fourth-order valence-electron chi connectivity index (χ4n) is 4.11. The molecule has 0 saturated heterocycles. The Kier molecular flexibility index (Phi) is 8.00. The van der Waals surface area contributed by atoms with Crippen LogP contribution >= 0.6 is 0 Å². The first-order valence-electron chi connectivity index (χ1n) is 11.6. The maximum absolute atomic E-state index is 14.7. The molecule has 0 spiro atoms. The molecule has 1 atom stereocenters. The molecule has 0 heterocycles. The van der Waals surface area contributed by atoms with E-state index in [1.807, 2.05) is 43.3 Å². The number of methoxy groups -OCH3 is 1. The highest BCUT2D eigenvalue weighted by Crippen LogP contribution is 2.37. The van der Waals surface area contributed by atoms with Gasteiger partial charge in [0.2, 0.25) is 0 Å². The third-order valence-corrected chi connectivity index (χ3v) is 6.00. The van der Waals surface area contributed by atoms with Crippen LogP contribution in [0.4, 0.5) is 4.39 Å². The number of benzene rings is 3. The van der Waals surface area contributed by atoms with Gasteiger partial charge in [0, 0.05) is 11.5 Å². The Labute approximate surface area is 207 Å². The van der Waals surface area contributed by atoms with E-state index in [1.165, 1.54) is 6.07 Å². The highest BCUT2D eigenvalue weighted by molar-refractivity contribution is 5.71. The lowest BCUT2D eigenvalue weighted by atomic mass is 9.81. The Balaban J connectivity index is 1.89. The van der Waals surface area contributed by atoms with Crippen LogP contribution in [-0.4, -0.2) is 18.2 Å². The molecule has 0 bridgehead atoms. The van der Waals surface area contributed by atoms with Crippen LogP contribution in [0.25, 0.3) is 11.1 Å². The van der Waals surface area contributed by atoms with E-state index in [4.69, 9.17) is 9.47 Å². The lowest BCUT2D eigenvalue weighted by Crippen LogP contribution is -2.14. The number of carboxylic acid groups (broad SMARTS) is 1. The van der Waals surface area contributed by atoms with Gasteiger partial charge in [-0.2, -0.15) is 0 Å². The van der Waals surface area contributed by atoms with Gasteiger partial charge in [0.05, 0.1) is 13.5 Å². The molecule has 0 aromatic heterocycles. The third kappa shape index (κ3) is 6.50. The molecule has 5 heteroatoms. The van der Waals surface area contributed by atoms with Crippen LogP contribution < -0.4 is 9.47 Å². The second kappa shape index (κ2) is 10.8. The molecule has 35 heavy (non-hydrogen) atoms. The highest BCUT2D eigenvalue weighted by atomic mass is 19.1. The minimum absolute atomic E-state index is 0.0178. The van der Waals surface area contributed by atoms with Crippen LogP contribution in [-0.2, 0) is 16.8 Å². The summed E-state index contributed by atoms with van der Waals surface area (Å²) in [5.74, 6) is -0.193. The topological polar surface area (TPSA) is 55.8 Å². The largest absolute Gasteiger partial charge is 0.497 e. The SMILES string of the molecule is C=C(C)[C@@H](CC(=O)O)c1cccc(OCc2ccc(-c3cc(OC)ccc3F)c(C(C)(C)C)c2)c1. The minimum atomic E-state index is -0.869. The summed E-state index contributed by atoms with van der Waals surface area (Å²) < 4.78 is 26.1. The minimum Gasteiger partial charge on any atom is -0.497 e. The summed E-state index contributed by atoms with van der Waals surface area (Å²) in [6.45, 7) is 12.4. The van der Waals surface area contributed by atoms with E-state index < -0.39 is 5.97 Å². The van der Waals surface area contributed by atoms with Crippen molar-refractivity contribution in [3.8, 4) is 22.6 Å². The van der Waals surface area contributed by atoms with Gasteiger partial charge in [0.25, 0.3) is 0 Å². The molecule has 1 N–H and O–H groups in total. The average Bonchev–Trinajstić information content (AvgIpc) is 2.81. The number of carboxylic acids is 1. The Morgan fingerprint density at radius 2 is 1.77 bits per heavy atom. The zero-order valence-corrected chi connectivity index (χ0v) is 21.0. The Morgan fingerprint density at radius 3 is 2.40 bits per heavy atom. The predicted octanol–water partition coefficient (Wildman–Crippen LogP) is 7.51. The van der Waals surface area contributed by atoms with E-state index in [0.29, 0.717) is 23.7 Å². The van der Waals surface area contributed by atoms with Crippen molar-refractivity contribution < 1.29 is 23.8 Å². The van der Waals surface area contributed by atoms with Gasteiger partial charge in [-0.3, -0.25) is 4.79 Å². The quantitative estimate of drug-likeness (QED) is 0.325. The molecular weight excluding hydrogens is 443 g/mol. The second-order valence-electron chi connectivity index (χ2n) is 9.83. The predicted molar refractivity (Wildman–Crippen MR) is 138 cm³/mol. The fourth-order valence-corrected chi connectivity index (χ4v) is 4.11. The van der Waals surface area contributed by atoms with E-state index >= 15 is 0 Å². The molecule has 0 amide bonds. The number of aliphatic carboxylic acids is 1.